The summed E-state index contributed by atoms with van der Waals surface area (Å²) in [5.74, 6) is 1.28. The molecule has 25 heavy (non-hydrogen) atoms. The quantitative estimate of drug-likeness (QED) is 0.583. The molecule has 1 atom stereocenters. The topological polar surface area (TPSA) is 77.0 Å². The lowest BCUT2D eigenvalue weighted by atomic mass is 10.0. The summed E-state index contributed by atoms with van der Waals surface area (Å²) < 4.78 is 5.96. The molecule has 126 valence electrons. The second-order valence-corrected chi connectivity index (χ2v) is 6.02. The summed E-state index contributed by atoms with van der Waals surface area (Å²) in [6.45, 7) is 0.587. The first kappa shape index (κ1) is 15.7. The lowest BCUT2D eigenvalue weighted by molar-refractivity contribution is 0.545. The molecule has 0 spiro atoms. The van der Waals surface area contributed by atoms with E-state index in [1.807, 2.05) is 61.6 Å². The Morgan fingerprint density at radius 2 is 1.88 bits per heavy atom. The van der Waals surface area contributed by atoms with Crippen molar-refractivity contribution in [2.24, 2.45) is 5.73 Å². The van der Waals surface area contributed by atoms with Crippen LogP contribution in [0.5, 0.6) is 0 Å². The molecule has 2 aromatic heterocycles. The number of hydrogen-bond acceptors (Lipinski definition) is 5. The predicted octanol–water partition coefficient (Wildman–Crippen LogP) is 3.65. The van der Waals surface area contributed by atoms with Gasteiger partial charge in [0.05, 0.1) is 17.3 Å². The molecule has 4 rings (SSSR count). The molecule has 0 aliphatic heterocycles. The molecule has 0 saturated heterocycles. The average molecular weight is 332 g/mol. The third-order valence-electron chi connectivity index (χ3n) is 4.41. The van der Waals surface area contributed by atoms with Crippen molar-refractivity contribution >= 4 is 21.9 Å². The van der Waals surface area contributed by atoms with Crippen molar-refractivity contribution in [2.75, 3.05) is 13.6 Å². The summed E-state index contributed by atoms with van der Waals surface area (Å²) >= 11 is 0. The summed E-state index contributed by atoms with van der Waals surface area (Å²) in [7, 11) is 1.93. The first-order valence-corrected chi connectivity index (χ1v) is 8.43. The van der Waals surface area contributed by atoms with Crippen molar-refractivity contribution in [3.8, 4) is 11.6 Å². The van der Waals surface area contributed by atoms with E-state index in [9.17, 15) is 0 Å². The van der Waals surface area contributed by atoms with Crippen molar-refractivity contribution < 1.29 is 4.42 Å². The minimum atomic E-state index is 0.0704. The first-order chi connectivity index (χ1) is 12.3. The second-order valence-electron chi connectivity index (χ2n) is 6.02. The number of nitrogens with two attached hydrogens (primary N) is 1. The molecule has 3 N–H and O–H groups in total. The van der Waals surface area contributed by atoms with Gasteiger partial charge in [-0.1, -0.05) is 36.4 Å². The number of furan rings is 1. The molecule has 0 amide bonds. The number of hydrogen-bond donors (Lipinski definition) is 2. The maximum Gasteiger partial charge on any atom is 0.196 e. The predicted molar refractivity (Wildman–Crippen MR) is 100 cm³/mol. The third-order valence-corrected chi connectivity index (χ3v) is 4.41. The van der Waals surface area contributed by atoms with Crippen molar-refractivity contribution in [3.63, 3.8) is 0 Å². The molecule has 4 aromatic rings. The van der Waals surface area contributed by atoms with Crippen LogP contribution in [0.1, 0.15) is 18.2 Å². The second kappa shape index (κ2) is 6.63. The van der Waals surface area contributed by atoms with Gasteiger partial charge in [-0.25, -0.2) is 9.97 Å². The van der Waals surface area contributed by atoms with Crippen molar-refractivity contribution in [2.45, 2.75) is 12.5 Å². The van der Waals surface area contributed by atoms with Gasteiger partial charge in [0.1, 0.15) is 5.58 Å². The van der Waals surface area contributed by atoms with Crippen LogP contribution in [0.3, 0.4) is 0 Å². The average Bonchev–Trinajstić information content (AvgIpc) is 3.09. The lowest BCUT2D eigenvalue weighted by Crippen LogP contribution is -2.21. The van der Waals surface area contributed by atoms with E-state index in [-0.39, 0.29) is 6.04 Å². The summed E-state index contributed by atoms with van der Waals surface area (Å²) in [5.41, 5.74) is 8.48. The van der Waals surface area contributed by atoms with Crippen LogP contribution in [0.2, 0.25) is 0 Å². The summed E-state index contributed by atoms with van der Waals surface area (Å²) in [6.07, 6.45) is 0.803. The highest BCUT2D eigenvalue weighted by molar-refractivity contribution is 5.85. The van der Waals surface area contributed by atoms with Gasteiger partial charge >= 0.3 is 0 Å². The van der Waals surface area contributed by atoms with Gasteiger partial charge in [0.2, 0.25) is 0 Å². The maximum atomic E-state index is 5.96. The van der Waals surface area contributed by atoms with E-state index in [4.69, 9.17) is 20.1 Å². The van der Waals surface area contributed by atoms with Crippen molar-refractivity contribution in [1.82, 2.24) is 15.3 Å². The zero-order valence-corrected chi connectivity index (χ0v) is 14.1. The fourth-order valence-electron chi connectivity index (χ4n) is 3.15. The van der Waals surface area contributed by atoms with Gasteiger partial charge in [-0.2, -0.15) is 0 Å². The van der Waals surface area contributed by atoms with Crippen LogP contribution in [-0.2, 0) is 0 Å². The van der Waals surface area contributed by atoms with E-state index in [0.29, 0.717) is 18.1 Å². The Labute approximate surface area is 145 Å². The molecule has 2 heterocycles. The van der Waals surface area contributed by atoms with Crippen molar-refractivity contribution in [1.29, 1.82) is 0 Å². The monoisotopic (exact) mass is 332 g/mol. The third kappa shape index (κ3) is 2.88. The normalized spacial score (nSPS) is 12.7. The van der Waals surface area contributed by atoms with E-state index in [2.05, 4.69) is 5.32 Å². The Morgan fingerprint density at radius 3 is 2.68 bits per heavy atom. The summed E-state index contributed by atoms with van der Waals surface area (Å²) in [4.78, 5) is 9.55. The largest absolute Gasteiger partial charge is 0.453 e. The summed E-state index contributed by atoms with van der Waals surface area (Å²) in [6, 6.07) is 18.0. The molecule has 0 fully saturated rings. The highest BCUT2D eigenvalue weighted by atomic mass is 16.3. The van der Waals surface area contributed by atoms with Gasteiger partial charge in [-0.05, 0) is 38.2 Å². The molecule has 5 nitrogen and oxygen atoms in total. The molecular formula is C20H20N4O. The minimum absolute atomic E-state index is 0.0704. The SMILES string of the molecule is CNC(CCN)c1nc(-c2cc3ccccc3o2)nc2ccccc12. The molecule has 0 aliphatic carbocycles. The fraction of sp³-hybridized carbons (Fsp3) is 0.200. The van der Waals surface area contributed by atoms with Crippen LogP contribution in [0.25, 0.3) is 33.5 Å². The number of para-hydroxylation sites is 2. The van der Waals surface area contributed by atoms with Gasteiger partial charge in [0, 0.05) is 10.8 Å². The molecule has 0 radical (unpaired) electrons. The van der Waals surface area contributed by atoms with Crippen LogP contribution < -0.4 is 11.1 Å². The standard InChI is InChI=1S/C20H20N4O/c1-22-16(10-11-21)19-14-7-3-4-8-15(14)23-20(24-19)18-12-13-6-2-5-9-17(13)25-18/h2-9,12,16,22H,10-11,21H2,1H3. The molecule has 0 aliphatic rings. The number of fused-ring (bicyclic) bond motifs is 2. The van der Waals surface area contributed by atoms with E-state index in [1.165, 1.54) is 0 Å². The molecule has 2 aromatic carbocycles. The Hall–Kier alpha value is -2.76. The molecule has 5 heteroatoms. The number of nitrogens with zero attached hydrogens (tertiary/aromatic N) is 2. The van der Waals surface area contributed by atoms with E-state index in [1.54, 1.807) is 0 Å². The molecular weight excluding hydrogens is 312 g/mol. The van der Waals surface area contributed by atoms with Crippen molar-refractivity contribution in [3.05, 3.63) is 60.3 Å². The lowest BCUT2D eigenvalue weighted by Gasteiger charge is -2.17. The maximum absolute atomic E-state index is 5.96. The van der Waals surface area contributed by atoms with E-state index in [0.717, 1.165) is 34.0 Å². The van der Waals surface area contributed by atoms with Crippen LogP contribution in [-0.4, -0.2) is 23.6 Å². The first-order valence-electron chi connectivity index (χ1n) is 8.43. The van der Waals surface area contributed by atoms with E-state index >= 15 is 0 Å². The zero-order chi connectivity index (χ0) is 17.2. The Balaban J connectivity index is 1.92. The fourth-order valence-corrected chi connectivity index (χ4v) is 3.15. The smallest absolute Gasteiger partial charge is 0.196 e. The van der Waals surface area contributed by atoms with Gasteiger partial charge in [0.15, 0.2) is 11.6 Å². The molecule has 1 unspecified atom stereocenters. The number of aromatic nitrogens is 2. The molecule has 0 bridgehead atoms. The Morgan fingerprint density at radius 1 is 1.08 bits per heavy atom. The van der Waals surface area contributed by atoms with E-state index < -0.39 is 0 Å². The number of nitrogens with one attached hydrogen (secondary N) is 1. The summed E-state index contributed by atoms with van der Waals surface area (Å²) in [5, 5.41) is 5.40. The van der Waals surface area contributed by atoms with Crippen LogP contribution in [0, 0.1) is 0 Å². The Bertz CT molecular complexity index is 991. The number of rotatable bonds is 5. The zero-order valence-electron chi connectivity index (χ0n) is 14.1. The molecule has 0 saturated carbocycles. The van der Waals surface area contributed by atoms with Gasteiger partial charge in [0.25, 0.3) is 0 Å². The van der Waals surface area contributed by atoms with Crippen LogP contribution in [0.15, 0.2) is 59.0 Å². The Kier molecular flexibility index (Phi) is 4.17. The van der Waals surface area contributed by atoms with Crippen LogP contribution in [0.4, 0.5) is 0 Å². The van der Waals surface area contributed by atoms with Gasteiger partial charge in [-0.15, -0.1) is 0 Å². The minimum Gasteiger partial charge on any atom is -0.453 e. The van der Waals surface area contributed by atoms with Gasteiger partial charge < -0.3 is 15.5 Å². The van der Waals surface area contributed by atoms with Gasteiger partial charge in [-0.3, -0.25) is 0 Å². The number of benzene rings is 2. The highest BCUT2D eigenvalue weighted by Gasteiger charge is 2.18. The highest BCUT2D eigenvalue weighted by Crippen LogP contribution is 2.30. The van der Waals surface area contributed by atoms with Crippen LogP contribution >= 0.6 is 0 Å².